The maximum Gasteiger partial charge on any atom is 0.326 e. The molecule has 0 aromatic heterocycles. The Morgan fingerprint density at radius 1 is 1.25 bits per heavy atom. The molecule has 0 fully saturated rings. The summed E-state index contributed by atoms with van der Waals surface area (Å²) in [5.41, 5.74) is 0.708. The third-order valence-corrected chi connectivity index (χ3v) is 2.28. The Balaban J connectivity index is 2.70. The number of carboxylic acid groups (broad SMARTS) is 2. The van der Waals surface area contributed by atoms with Crippen LogP contribution in [0, 0.1) is 12.7 Å². The minimum Gasteiger partial charge on any atom is -0.481 e. The number of anilines is 1. The average Bonchev–Trinajstić information content (AvgIpc) is 2.25. The maximum atomic E-state index is 13.1. The van der Waals surface area contributed by atoms with Gasteiger partial charge in [-0.15, -0.1) is 0 Å². The van der Waals surface area contributed by atoms with E-state index in [1.54, 1.807) is 6.92 Å². The standard InChI is InChI=1S/C12H13FN2O5/c1-6-2-7(13)4-8(3-6)14-12(20)15-9(11(18)19)5-10(16)17/h2-4,9H,5H2,1H3,(H,16,17)(H,18,19)(H2,14,15,20)/t9-/m1/s1. The number of nitrogens with one attached hydrogen (secondary N) is 2. The molecular weight excluding hydrogens is 271 g/mol. The number of hydrogen-bond acceptors (Lipinski definition) is 3. The van der Waals surface area contributed by atoms with Crippen LogP contribution in [0.25, 0.3) is 0 Å². The molecule has 0 heterocycles. The quantitative estimate of drug-likeness (QED) is 0.648. The molecule has 0 aliphatic carbocycles. The Morgan fingerprint density at radius 2 is 1.90 bits per heavy atom. The number of hydrogen-bond donors (Lipinski definition) is 4. The lowest BCUT2D eigenvalue weighted by Crippen LogP contribution is -2.44. The van der Waals surface area contributed by atoms with Crippen LogP contribution < -0.4 is 10.6 Å². The van der Waals surface area contributed by atoms with Gasteiger partial charge in [0.25, 0.3) is 0 Å². The largest absolute Gasteiger partial charge is 0.481 e. The van der Waals surface area contributed by atoms with E-state index in [-0.39, 0.29) is 5.69 Å². The molecule has 20 heavy (non-hydrogen) atoms. The third-order valence-electron chi connectivity index (χ3n) is 2.28. The van der Waals surface area contributed by atoms with Crippen LogP contribution in [0.4, 0.5) is 14.9 Å². The molecule has 8 heteroatoms. The second kappa shape index (κ2) is 6.50. The van der Waals surface area contributed by atoms with Crippen molar-refractivity contribution < 1.29 is 29.0 Å². The van der Waals surface area contributed by atoms with E-state index in [0.717, 1.165) is 6.07 Å². The fraction of sp³-hybridized carbons (Fsp3) is 0.250. The number of urea groups is 1. The van der Waals surface area contributed by atoms with Crippen molar-refractivity contribution in [2.24, 2.45) is 0 Å². The smallest absolute Gasteiger partial charge is 0.326 e. The molecule has 0 aliphatic heterocycles. The summed E-state index contributed by atoms with van der Waals surface area (Å²) in [6.07, 6.45) is -0.759. The Bertz CT molecular complexity index is 526. The summed E-state index contributed by atoms with van der Waals surface area (Å²) in [5, 5.41) is 21.5. The number of carbonyl (C=O) groups is 3. The molecule has 1 aromatic rings. The van der Waals surface area contributed by atoms with Gasteiger partial charge in [-0.2, -0.15) is 0 Å². The first-order valence-corrected chi connectivity index (χ1v) is 5.57. The number of aryl methyl sites for hydroxylation is 1. The summed E-state index contributed by atoms with van der Waals surface area (Å²) < 4.78 is 13.1. The van der Waals surface area contributed by atoms with Crippen molar-refractivity contribution >= 4 is 23.7 Å². The molecule has 1 aromatic carbocycles. The van der Waals surface area contributed by atoms with Gasteiger partial charge in [0, 0.05) is 5.69 Å². The Kier molecular flexibility index (Phi) is 5.01. The zero-order valence-corrected chi connectivity index (χ0v) is 10.5. The zero-order chi connectivity index (χ0) is 15.3. The van der Waals surface area contributed by atoms with E-state index in [1.165, 1.54) is 12.1 Å². The SMILES string of the molecule is Cc1cc(F)cc(NC(=O)N[C@H](CC(=O)O)C(=O)O)c1. The first-order valence-electron chi connectivity index (χ1n) is 5.57. The van der Waals surface area contributed by atoms with Crippen LogP contribution in [-0.2, 0) is 9.59 Å². The van der Waals surface area contributed by atoms with Crippen LogP contribution in [0.3, 0.4) is 0 Å². The molecule has 7 nitrogen and oxygen atoms in total. The molecule has 0 saturated carbocycles. The summed E-state index contributed by atoms with van der Waals surface area (Å²) in [5.74, 6) is -3.39. The van der Waals surface area contributed by atoms with Gasteiger partial charge >= 0.3 is 18.0 Å². The molecule has 0 aliphatic rings. The normalized spacial score (nSPS) is 11.5. The molecule has 4 N–H and O–H groups in total. The Morgan fingerprint density at radius 3 is 2.40 bits per heavy atom. The van der Waals surface area contributed by atoms with Crippen molar-refractivity contribution in [3.63, 3.8) is 0 Å². The van der Waals surface area contributed by atoms with Crippen LogP contribution in [-0.4, -0.2) is 34.2 Å². The lowest BCUT2D eigenvalue weighted by Gasteiger charge is -2.13. The van der Waals surface area contributed by atoms with E-state index in [2.05, 4.69) is 5.32 Å². The van der Waals surface area contributed by atoms with Gasteiger partial charge in [-0.05, 0) is 30.7 Å². The number of carboxylic acids is 2. The maximum absolute atomic E-state index is 13.1. The third kappa shape index (κ3) is 4.92. The number of amides is 2. The van der Waals surface area contributed by atoms with E-state index in [1.807, 2.05) is 5.32 Å². The van der Waals surface area contributed by atoms with E-state index in [0.29, 0.717) is 5.56 Å². The Labute approximate surface area is 113 Å². The second-order valence-corrected chi connectivity index (χ2v) is 4.10. The van der Waals surface area contributed by atoms with Crippen molar-refractivity contribution in [3.05, 3.63) is 29.6 Å². The summed E-state index contributed by atoms with van der Waals surface area (Å²) in [6, 6.07) is 1.30. The van der Waals surface area contributed by atoms with Crippen molar-refractivity contribution in [1.29, 1.82) is 0 Å². The molecule has 0 unspecified atom stereocenters. The number of halogens is 1. The minimum absolute atomic E-state index is 0.138. The van der Waals surface area contributed by atoms with Crippen LogP contribution in [0.1, 0.15) is 12.0 Å². The van der Waals surface area contributed by atoms with Gasteiger partial charge < -0.3 is 20.8 Å². The van der Waals surface area contributed by atoms with Crippen molar-refractivity contribution in [2.45, 2.75) is 19.4 Å². The molecule has 0 saturated heterocycles. The number of benzene rings is 1. The van der Waals surface area contributed by atoms with E-state index in [4.69, 9.17) is 10.2 Å². The van der Waals surface area contributed by atoms with Crippen LogP contribution in [0.5, 0.6) is 0 Å². The molecule has 2 amide bonds. The number of aliphatic carboxylic acids is 2. The van der Waals surface area contributed by atoms with Gasteiger partial charge in [0.15, 0.2) is 0 Å². The topological polar surface area (TPSA) is 116 Å². The van der Waals surface area contributed by atoms with Crippen molar-refractivity contribution in [1.82, 2.24) is 5.32 Å². The fourth-order valence-corrected chi connectivity index (χ4v) is 1.51. The summed E-state index contributed by atoms with van der Waals surface area (Å²) >= 11 is 0. The summed E-state index contributed by atoms with van der Waals surface area (Å²) in [6.45, 7) is 1.62. The monoisotopic (exact) mass is 284 g/mol. The highest BCUT2D eigenvalue weighted by molar-refractivity contribution is 5.93. The van der Waals surface area contributed by atoms with Gasteiger partial charge in [0.2, 0.25) is 0 Å². The first-order chi connectivity index (χ1) is 9.27. The molecule has 0 spiro atoms. The highest BCUT2D eigenvalue weighted by Crippen LogP contribution is 2.13. The van der Waals surface area contributed by atoms with Gasteiger partial charge in [-0.25, -0.2) is 14.0 Å². The van der Waals surface area contributed by atoms with Crippen LogP contribution in [0.15, 0.2) is 18.2 Å². The minimum atomic E-state index is -1.57. The highest BCUT2D eigenvalue weighted by atomic mass is 19.1. The molecule has 1 rings (SSSR count). The Hall–Kier alpha value is -2.64. The van der Waals surface area contributed by atoms with Gasteiger partial charge in [0.1, 0.15) is 11.9 Å². The van der Waals surface area contributed by atoms with Gasteiger partial charge in [0.05, 0.1) is 6.42 Å². The van der Waals surface area contributed by atoms with Gasteiger partial charge in [-0.1, -0.05) is 0 Å². The zero-order valence-electron chi connectivity index (χ0n) is 10.5. The number of carbonyl (C=O) groups excluding carboxylic acids is 1. The predicted molar refractivity (Wildman–Crippen MR) is 67.0 cm³/mol. The lowest BCUT2D eigenvalue weighted by molar-refractivity contribution is -0.145. The summed E-state index contributed by atoms with van der Waals surface area (Å²) in [4.78, 5) is 32.8. The predicted octanol–water partition coefficient (Wildman–Crippen LogP) is 1.18. The molecule has 1 atom stereocenters. The molecule has 0 radical (unpaired) electrons. The first kappa shape index (κ1) is 15.4. The fourth-order valence-electron chi connectivity index (χ4n) is 1.51. The van der Waals surface area contributed by atoms with Crippen LogP contribution in [0.2, 0.25) is 0 Å². The lowest BCUT2D eigenvalue weighted by atomic mass is 10.2. The van der Waals surface area contributed by atoms with Gasteiger partial charge in [-0.3, -0.25) is 4.79 Å². The average molecular weight is 284 g/mol. The molecule has 108 valence electrons. The summed E-state index contributed by atoms with van der Waals surface area (Å²) in [7, 11) is 0. The van der Waals surface area contributed by atoms with Crippen molar-refractivity contribution in [3.8, 4) is 0 Å². The highest BCUT2D eigenvalue weighted by Gasteiger charge is 2.23. The molecule has 0 bridgehead atoms. The van der Waals surface area contributed by atoms with E-state index < -0.39 is 36.2 Å². The second-order valence-electron chi connectivity index (χ2n) is 4.10. The van der Waals surface area contributed by atoms with E-state index >= 15 is 0 Å². The van der Waals surface area contributed by atoms with E-state index in [9.17, 15) is 18.8 Å². The number of rotatable bonds is 5. The molecular formula is C12H13FN2O5. The van der Waals surface area contributed by atoms with Crippen molar-refractivity contribution in [2.75, 3.05) is 5.32 Å². The van der Waals surface area contributed by atoms with Crippen LogP contribution >= 0.6 is 0 Å².